The Bertz CT molecular complexity index is 965. The van der Waals surface area contributed by atoms with Crippen LogP contribution in [0.5, 0.6) is 0 Å². The Morgan fingerprint density at radius 1 is 1.07 bits per heavy atom. The summed E-state index contributed by atoms with van der Waals surface area (Å²) in [6.45, 7) is 1.10. The van der Waals surface area contributed by atoms with Gasteiger partial charge in [-0.05, 0) is 36.8 Å². The zero-order valence-corrected chi connectivity index (χ0v) is 14.8. The summed E-state index contributed by atoms with van der Waals surface area (Å²) in [6.07, 6.45) is 5.07. The zero-order chi connectivity index (χ0) is 18.6. The molecule has 2 aromatic carbocycles. The largest absolute Gasteiger partial charge is 0.348 e. The van der Waals surface area contributed by atoms with Gasteiger partial charge in [-0.2, -0.15) is 5.10 Å². The summed E-state index contributed by atoms with van der Waals surface area (Å²) in [5.74, 6) is -0.0585. The topological polar surface area (TPSA) is 67.2 Å². The number of amides is 2. The van der Waals surface area contributed by atoms with Crippen LogP contribution in [0.15, 0.2) is 67.0 Å². The van der Waals surface area contributed by atoms with Gasteiger partial charge in [-0.25, -0.2) is 4.68 Å². The van der Waals surface area contributed by atoms with Gasteiger partial charge in [0, 0.05) is 42.5 Å². The molecule has 1 aromatic heterocycles. The van der Waals surface area contributed by atoms with E-state index in [0.29, 0.717) is 25.1 Å². The Balaban J connectivity index is 1.41. The highest BCUT2D eigenvalue weighted by Crippen LogP contribution is 2.22. The first-order valence-corrected chi connectivity index (χ1v) is 8.98. The van der Waals surface area contributed by atoms with E-state index < -0.39 is 0 Å². The van der Waals surface area contributed by atoms with Crippen molar-refractivity contribution >= 4 is 17.5 Å². The van der Waals surface area contributed by atoms with Crippen LogP contribution in [0.3, 0.4) is 0 Å². The van der Waals surface area contributed by atoms with Crippen molar-refractivity contribution in [1.29, 1.82) is 0 Å². The molecule has 0 spiro atoms. The molecule has 0 aliphatic carbocycles. The minimum atomic E-state index is -0.170. The first-order valence-electron chi connectivity index (χ1n) is 8.98. The summed E-state index contributed by atoms with van der Waals surface area (Å²) in [5.41, 5.74) is 3.21. The van der Waals surface area contributed by atoms with Gasteiger partial charge in [0.2, 0.25) is 5.91 Å². The van der Waals surface area contributed by atoms with Crippen molar-refractivity contribution in [2.45, 2.75) is 19.4 Å². The normalized spacial score (nSPS) is 13.8. The highest BCUT2D eigenvalue weighted by molar-refractivity contribution is 5.99. The van der Waals surface area contributed by atoms with Crippen LogP contribution in [0.25, 0.3) is 5.69 Å². The number of carbonyl (C=O) groups excluding carboxylic acids is 2. The van der Waals surface area contributed by atoms with Gasteiger partial charge in [-0.3, -0.25) is 9.59 Å². The van der Waals surface area contributed by atoms with Gasteiger partial charge in [-0.15, -0.1) is 0 Å². The van der Waals surface area contributed by atoms with Crippen molar-refractivity contribution in [3.63, 3.8) is 0 Å². The smallest absolute Gasteiger partial charge is 0.251 e. The maximum atomic E-state index is 12.5. The van der Waals surface area contributed by atoms with Gasteiger partial charge in [0.25, 0.3) is 5.91 Å². The van der Waals surface area contributed by atoms with Crippen molar-refractivity contribution in [2.24, 2.45) is 0 Å². The maximum absolute atomic E-state index is 12.5. The summed E-state index contributed by atoms with van der Waals surface area (Å²) >= 11 is 0. The number of nitrogens with one attached hydrogen (secondary N) is 1. The van der Waals surface area contributed by atoms with E-state index in [4.69, 9.17) is 0 Å². The molecular weight excluding hydrogens is 340 g/mol. The van der Waals surface area contributed by atoms with Crippen LogP contribution >= 0.6 is 0 Å². The van der Waals surface area contributed by atoms with Gasteiger partial charge in [0.15, 0.2) is 0 Å². The Morgan fingerprint density at radius 3 is 2.67 bits per heavy atom. The molecule has 0 atom stereocenters. The lowest BCUT2D eigenvalue weighted by Gasteiger charge is -2.16. The van der Waals surface area contributed by atoms with Crippen molar-refractivity contribution < 1.29 is 9.59 Å². The van der Waals surface area contributed by atoms with E-state index in [1.54, 1.807) is 27.9 Å². The number of hydrogen-bond acceptors (Lipinski definition) is 3. The first kappa shape index (κ1) is 17.0. The highest BCUT2D eigenvalue weighted by Gasteiger charge is 2.22. The SMILES string of the molecule is O=C(NCc1cnn(-c2ccccc2)c1)c1cccc(N2CCCC2=O)c1. The minimum Gasteiger partial charge on any atom is -0.348 e. The van der Waals surface area contributed by atoms with E-state index in [9.17, 15) is 9.59 Å². The molecule has 1 fully saturated rings. The molecule has 0 bridgehead atoms. The fourth-order valence-electron chi connectivity index (χ4n) is 3.19. The molecule has 2 heterocycles. The molecule has 0 radical (unpaired) electrons. The van der Waals surface area contributed by atoms with E-state index in [0.717, 1.165) is 23.4 Å². The van der Waals surface area contributed by atoms with E-state index >= 15 is 0 Å². The second-order valence-electron chi connectivity index (χ2n) is 6.51. The molecule has 1 aliphatic rings. The molecule has 2 amide bonds. The zero-order valence-electron chi connectivity index (χ0n) is 14.8. The van der Waals surface area contributed by atoms with Crippen molar-refractivity contribution in [3.8, 4) is 5.69 Å². The molecular formula is C21H20N4O2. The Morgan fingerprint density at radius 2 is 1.89 bits per heavy atom. The maximum Gasteiger partial charge on any atom is 0.251 e. The lowest BCUT2D eigenvalue weighted by molar-refractivity contribution is -0.117. The third-order valence-electron chi connectivity index (χ3n) is 4.60. The second kappa shape index (κ2) is 7.45. The number of hydrogen-bond donors (Lipinski definition) is 1. The third-order valence-corrected chi connectivity index (χ3v) is 4.60. The van der Waals surface area contributed by atoms with Crippen LogP contribution < -0.4 is 10.2 Å². The molecule has 4 rings (SSSR count). The second-order valence-corrected chi connectivity index (χ2v) is 6.51. The molecule has 1 N–H and O–H groups in total. The van der Waals surface area contributed by atoms with Gasteiger partial charge < -0.3 is 10.2 Å². The Kier molecular flexibility index (Phi) is 4.70. The van der Waals surface area contributed by atoms with Crippen molar-refractivity contribution in [1.82, 2.24) is 15.1 Å². The summed E-state index contributed by atoms with van der Waals surface area (Å²) in [6, 6.07) is 17.0. The molecule has 136 valence electrons. The van der Waals surface area contributed by atoms with Crippen molar-refractivity contribution in [3.05, 3.63) is 78.1 Å². The van der Waals surface area contributed by atoms with E-state index in [1.807, 2.05) is 48.7 Å². The summed E-state index contributed by atoms with van der Waals surface area (Å²) in [4.78, 5) is 26.1. The van der Waals surface area contributed by atoms with Crippen molar-refractivity contribution in [2.75, 3.05) is 11.4 Å². The van der Waals surface area contributed by atoms with Crippen LogP contribution in [0, 0.1) is 0 Å². The molecule has 27 heavy (non-hydrogen) atoms. The summed E-state index contributed by atoms with van der Waals surface area (Å²) < 4.78 is 1.78. The Labute approximate surface area is 157 Å². The predicted octanol–water partition coefficient (Wildman–Crippen LogP) is 2.93. The standard InChI is InChI=1S/C21H20N4O2/c26-20-10-5-11-24(20)19-9-4-6-17(12-19)21(27)22-13-16-14-23-25(15-16)18-7-2-1-3-8-18/h1-4,6-9,12,14-15H,5,10-11,13H2,(H,22,27). The van der Waals surface area contributed by atoms with Crippen LogP contribution in [0.2, 0.25) is 0 Å². The van der Waals surface area contributed by atoms with Crippen LogP contribution in [0.4, 0.5) is 5.69 Å². The van der Waals surface area contributed by atoms with E-state index in [-0.39, 0.29) is 11.8 Å². The molecule has 3 aromatic rings. The number of rotatable bonds is 5. The Hall–Kier alpha value is -3.41. The lowest BCUT2D eigenvalue weighted by atomic mass is 10.1. The monoisotopic (exact) mass is 360 g/mol. The average molecular weight is 360 g/mol. The number of nitrogens with zero attached hydrogens (tertiary/aromatic N) is 3. The molecule has 1 saturated heterocycles. The summed E-state index contributed by atoms with van der Waals surface area (Å²) in [5, 5.41) is 7.25. The first-order chi connectivity index (χ1) is 13.2. The molecule has 0 saturated carbocycles. The molecule has 6 heteroatoms. The van der Waals surface area contributed by atoms with Gasteiger partial charge in [0.1, 0.15) is 0 Å². The number of benzene rings is 2. The van der Waals surface area contributed by atoms with Crippen LogP contribution in [0.1, 0.15) is 28.8 Å². The van der Waals surface area contributed by atoms with Crippen LogP contribution in [-0.2, 0) is 11.3 Å². The average Bonchev–Trinajstić information content (AvgIpc) is 3.36. The predicted molar refractivity (Wildman–Crippen MR) is 103 cm³/mol. The van der Waals surface area contributed by atoms with Gasteiger partial charge in [0.05, 0.1) is 11.9 Å². The lowest BCUT2D eigenvalue weighted by Crippen LogP contribution is -2.25. The minimum absolute atomic E-state index is 0.112. The van der Waals surface area contributed by atoms with E-state index in [2.05, 4.69) is 10.4 Å². The van der Waals surface area contributed by atoms with Gasteiger partial charge >= 0.3 is 0 Å². The fourth-order valence-corrected chi connectivity index (χ4v) is 3.19. The molecule has 6 nitrogen and oxygen atoms in total. The quantitative estimate of drug-likeness (QED) is 0.761. The molecule has 1 aliphatic heterocycles. The van der Waals surface area contributed by atoms with E-state index in [1.165, 1.54) is 0 Å². The number of aromatic nitrogens is 2. The highest BCUT2D eigenvalue weighted by atomic mass is 16.2. The number of carbonyl (C=O) groups is 2. The summed E-state index contributed by atoms with van der Waals surface area (Å²) in [7, 11) is 0. The fraction of sp³-hybridized carbons (Fsp3) is 0.190. The van der Waals surface area contributed by atoms with Crippen LogP contribution in [-0.4, -0.2) is 28.1 Å². The van der Waals surface area contributed by atoms with Gasteiger partial charge in [-0.1, -0.05) is 24.3 Å². The third kappa shape index (κ3) is 3.74. The number of para-hydroxylation sites is 1. The molecule has 0 unspecified atom stereocenters. The number of anilines is 1.